The van der Waals surface area contributed by atoms with Crippen LogP contribution in [-0.2, 0) is 6.54 Å². The second-order valence-electron chi connectivity index (χ2n) is 3.46. The zero-order valence-corrected chi connectivity index (χ0v) is 9.46. The number of nitrogen functional groups attached to an aromatic ring is 1. The van der Waals surface area contributed by atoms with Gasteiger partial charge in [-0.25, -0.2) is 4.68 Å². The van der Waals surface area contributed by atoms with E-state index in [2.05, 4.69) is 5.10 Å². The normalized spacial score (nSPS) is 10.4. The van der Waals surface area contributed by atoms with Crippen molar-refractivity contribution in [3.63, 3.8) is 0 Å². The average molecular weight is 253 g/mol. The number of anilines is 1. The van der Waals surface area contributed by atoms with Crippen molar-refractivity contribution in [2.75, 3.05) is 5.73 Å². The van der Waals surface area contributed by atoms with E-state index in [9.17, 15) is 10.1 Å². The second kappa shape index (κ2) is 4.42. The van der Waals surface area contributed by atoms with E-state index in [0.29, 0.717) is 11.6 Å². The Kier molecular flexibility index (Phi) is 2.97. The Morgan fingerprint density at radius 2 is 2.29 bits per heavy atom. The van der Waals surface area contributed by atoms with Gasteiger partial charge in [0.1, 0.15) is 6.20 Å². The largest absolute Gasteiger partial charge is 0.378 e. The quantitative estimate of drug-likeness (QED) is 0.669. The molecule has 1 heterocycles. The number of hydrogen-bond donors (Lipinski definition) is 1. The smallest absolute Gasteiger partial charge is 0.330 e. The molecule has 7 heteroatoms. The maximum Gasteiger partial charge on any atom is 0.330 e. The molecule has 1 aromatic carbocycles. The van der Waals surface area contributed by atoms with Crippen molar-refractivity contribution in [3.05, 3.63) is 51.2 Å². The first-order chi connectivity index (χ1) is 8.08. The Morgan fingerprint density at radius 3 is 2.88 bits per heavy atom. The number of nitrogens with zero attached hydrogens (tertiary/aromatic N) is 3. The number of rotatable bonds is 3. The number of nitrogens with two attached hydrogens (primary N) is 1. The lowest BCUT2D eigenvalue weighted by molar-refractivity contribution is -0.384. The highest BCUT2D eigenvalue weighted by Crippen LogP contribution is 2.21. The molecule has 2 aromatic rings. The molecular weight excluding hydrogens is 244 g/mol. The molecule has 0 aliphatic carbocycles. The predicted octanol–water partition coefficient (Wildman–Crippen LogP) is 2.08. The molecule has 0 bridgehead atoms. The van der Waals surface area contributed by atoms with Crippen LogP contribution < -0.4 is 5.73 Å². The van der Waals surface area contributed by atoms with Gasteiger partial charge in [-0.3, -0.25) is 10.1 Å². The lowest BCUT2D eigenvalue weighted by Gasteiger charge is -2.03. The van der Waals surface area contributed by atoms with Crippen molar-refractivity contribution >= 4 is 23.1 Å². The summed E-state index contributed by atoms with van der Waals surface area (Å²) in [5, 5.41) is 15.1. The van der Waals surface area contributed by atoms with Crippen molar-refractivity contribution in [1.29, 1.82) is 0 Å². The van der Waals surface area contributed by atoms with Gasteiger partial charge in [0, 0.05) is 5.02 Å². The zero-order valence-electron chi connectivity index (χ0n) is 8.71. The molecular formula is C10H9ClN4O2. The van der Waals surface area contributed by atoms with E-state index in [1.54, 1.807) is 18.2 Å². The molecule has 0 aliphatic rings. The van der Waals surface area contributed by atoms with Gasteiger partial charge in [-0.1, -0.05) is 23.7 Å². The van der Waals surface area contributed by atoms with Crippen LogP contribution in [0.4, 0.5) is 11.5 Å². The maximum absolute atomic E-state index is 10.6. The summed E-state index contributed by atoms with van der Waals surface area (Å²) < 4.78 is 1.36. The molecule has 2 rings (SSSR count). The van der Waals surface area contributed by atoms with E-state index < -0.39 is 4.92 Å². The van der Waals surface area contributed by atoms with Crippen LogP contribution in [0.3, 0.4) is 0 Å². The Bertz CT molecular complexity index is 567. The minimum atomic E-state index is -0.559. The van der Waals surface area contributed by atoms with E-state index in [-0.39, 0.29) is 11.5 Å². The molecule has 0 amide bonds. The minimum Gasteiger partial charge on any atom is -0.378 e. The molecule has 2 N–H and O–H groups in total. The van der Waals surface area contributed by atoms with Crippen LogP contribution in [0.2, 0.25) is 5.02 Å². The van der Waals surface area contributed by atoms with Crippen molar-refractivity contribution in [1.82, 2.24) is 9.78 Å². The number of hydrogen-bond acceptors (Lipinski definition) is 4. The van der Waals surface area contributed by atoms with Gasteiger partial charge >= 0.3 is 5.69 Å². The van der Waals surface area contributed by atoms with Crippen LogP contribution in [0.25, 0.3) is 0 Å². The lowest BCUT2D eigenvalue weighted by atomic mass is 10.2. The van der Waals surface area contributed by atoms with Crippen molar-refractivity contribution in [2.24, 2.45) is 0 Å². The van der Waals surface area contributed by atoms with E-state index in [1.165, 1.54) is 4.68 Å². The highest BCUT2D eigenvalue weighted by Gasteiger charge is 2.17. The fraction of sp³-hybridized carbons (Fsp3) is 0.100. The first-order valence-electron chi connectivity index (χ1n) is 4.78. The molecule has 0 aliphatic heterocycles. The number of halogens is 1. The van der Waals surface area contributed by atoms with Gasteiger partial charge in [0.15, 0.2) is 0 Å². The topological polar surface area (TPSA) is 87.0 Å². The summed E-state index contributed by atoms with van der Waals surface area (Å²) in [6.07, 6.45) is 1.14. The van der Waals surface area contributed by atoms with Gasteiger partial charge in [0.05, 0.1) is 11.5 Å². The molecule has 0 fully saturated rings. The fourth-order valence-corrected chi connectivity index (χ4v) is 1.67. The first-order valence-corrected chi connectivity index (χ1v) is 5.16. The molecule has 17 heavy (non-hydrogen) atoms. The monoisotopic (exact) mass is 252 g/mol. The lowest BCUT2D eigenvalue weighted by Crippen LogP contribution is -2.06. The summed E-state index contributed by atoms with van der Waals surface area (Å²) in [7, 11) is 0. The average Bonchev–Trinajstić information content (AvgIpc) is 2.61. The maximum atomic E-state index is 10.6. The summed E-state index contributed by atoms with van der Waals surface area (Å²) in [4.78, 5) is 10.0. The zero-order chi connectivity index (χ0) is 12.4. The third-order valence-corrected chi connectivity index (χ3v) is 2.51. The molecule has 0 saturated heterocycles. The van der Waals surface area contributed by atoms with Crippen molar-refractivity contribution in [3.8, 4) is 0 Å². The van der Waals surface area contributed by atoms with Gasteiger partial charge in [0.2, 0.25) is 5.82 Å². The second-order valence-corrected chi connectivity index (χ2v) is 3.90. The van der Waals surface area contributed by atoms with E-state index in [4.69, 9.17) is 17.3 Å². The molecule has 0 radical (unpaired) electrons. The molecule has 1 aromatic heterocycles. The van der Waals surface area contributed by atoms with Crippen molar-refractivity contribution in [2.45, 2.75) is 6.54 Å². The summed E-state index contributed by atoms with van der Waals surface area (Å²) in [5.41, 5.74) is 6.31. The third-order valence-electron chi connectivity index (χ3n) is 2.28. The predicted molar refractivity (Wildman–Crippen MR) is 63.8 cm³/mol. The van der Waals surface area contributed by atoms with Crippen LogP contribution >= 0.6 is 11.6 Å². The Morgan fingerprint density at radius 1 is 1.53 bits per heavy atom. The van der Waals surface area contributed by atoms with Crippen LogP contribution in [0.15, 0.2) is 30.5 Å². The molecule has 0 saturated carbocycles. The first kappa shape index (κ1) is 11.4. The summed E-state index contributed by atoms with van der Waals surface area (Å²) in [6, 6.07) is 7.15. The van der Waals surface area contributed by atoms with Crippen molar-refractivity contribution < 1.29 is 4.92 Å². The molecule has 0 unspecified atom stereocenters. The standard InChI is InChI=1S/C10H9ClN4O2/c11-8-3-1-2-7(4-8)6-14-10(12)9(5-13-14)15(16)17/h1-5H,6,12H2. The van der Waals surface area contributed by atoms with Gasteiger partial charge in [-0.05, 0) is 17.7 Å². The van der Waals surface area contributed by atoms with Crippen LogP contribution in [0, 0.1) is 10.1 Å². The van der Waals surface area contributed by atoms with Gasteiger partial charge in [0.25, 0.3) is 0 Å². The third kappa shape index (κ3) is 2.36. The number of nitro groups is 1. The van der Waals surface area contributed by atoms with Gasteiger partial charge < -0.3 is 5.73 Å². The number of aromatic nitrogens is 2. The summed E-state index contributed by atoms with van der Waals surface area (Å²) >= 11 is 5.84. The van der Waals surface area contributed by atoms with E-state index in [1.807, 2.05) is 6.07 Å². The number of benzene rings is 1. The molecule has 0 spiro atoms. The molecule has 0 atom stereocenters. The van der Waals surface area contributed by atoms with Crippen LogP contribution in [0.1, 0.15) is 5.56 Å². The van der Waals surface area contributed by atoms with E-state index in [0.717, 1.165) is 11.8 Å². The molecule has 88 valence electrons. The molecule has 6 nitrogen and oxygen atoms in total. The Labute approximate surface area is 102 Å². The highest BCUT2D eigenvalue weighted by molar-refractivity contribution is 6.30. The summed E-state index contributed by atoms with van der Waals surface area (Å²) in [6.45, 7) is 0.347. The van der Waals surface area contributed by atoms with Crippen LogP contribution in [0.5, 0.6) is 0 Å². The minimum absolute atomic E-state index is 0.0370. The van der Waals surface area contributed by atoms with E-state index >= 15 is 0 Å². The van der Waals surface area contributed by atoms with Gasteiger partial charge in [-0.15, -0.1) is 0 Å². The SMILES string of the molecule is Nc1c([N+](=O)[O-])cnn1Cc1cccc(Cl)c1. The fourth-order valence-electron chi connectivity index (χ4n) is 1.46. The Hall–Kier alpha value is -2.08. The summed E-state index contributed by atoms with van der Waals surface area (Å²) in [5.74, 6) is 0.0370. The van der Waals surface area contributed by atoms with Gasteiger partial charge in [-0.2, -0.15) is 5.10 Å². The highest BCUT2D eigenvalue weighted by atomic mass is 35.5. The Balaban J connectivity index is 2.28. The van der Waals surface area contributed by atoms with Crippen LogP contribution in [-0.4, -0.2) is 14.7 Å².